The summed E-state index contributed by atoms with van der Waals surface area (Å²) in [5, 5.41) is 10.6. The third-order valence-corrected chi connectivity index (χ3v) is 3.87. The molecule has 1 aromatic carbocycles. The molecule has 1 amide bonds. The van der Waals surface area contributed by atoms with Crippen molar-refractivity contribution in [1.29, 1.82) is 0 Å². The number of aromatic amines is 1. The number of hydrogen-bond acceptors (Lipinski definition) is 2. The molecule has 2 aromatic rings. The number of likely N-dealkylation sites (tertiary alicyclic amines) is 1. The van der Waals surface area contributed by atoms with E-state index in [-0.39, 0.29) is 18.4 Å². The van der Waals surface area contributed by atoms with Crippen molar-refractivity contribution in [2.75, 3.05) is 19.7 Å². The zero-order valence-electron chi connectivity index (χ0n) is 10.4. The maximum Gasteiger partial charge on any atom is 0.227 e. The number of amides is 1. The predicted molar refractivity (Wildman–Crippen MR) is 74.2 cm³/mol. The van der Waals surface area contributed by atoms with Gasteiger partial charge in [0.25, 0.3) is 0 Å². The summed E-state index contributed by atoms with van der Waals surface area (Å²) in [6.07, 6.45) is 2.24. The van der Waals surface area contributed by atoms with Crippen molar-refractivity contribution in [3.8, 4) is 0 Å². The first-order valence-corrected chi connectivity index (χ1v) is 6.69. The molecule has 0 spiro atoms. The maximum atomic E-state index is 12.1. The Morgan fingerprint density at radius 2 is 2.26 bits per heavy atom. The Kier molecular flexibility index (Phi) is 3.21. The van der Waals surface area contributed by atoms with E-state index in [1.54, 1.807) is 4.90 Å². The van der Waals surface area contributed by atoms with Gasteiger partial charge < -0.3 is 15.0 Å². The van der Waals surface area contributed by atoms with Crippen LogP contribution < -0.4 is 0 Å². The van der Waals surface area contributed by atoms with Gasteiger partial charge in [0.05, 0.1) is 6.42 Å². The number of aliphatic hydroxyl groups is 1. The number of benzene rings is 1. The monoisotopic (exact) mass is 278 g/mol. The van der Waals surface area contributed by atoms with E-state index in [0.29, 0.717) is 24.5 Å². The summed E-state index contributed by atoms with van der Waals surface area (Å²) in [7, 11) is 0. The molecular formula is C14H15ClN2O2. The summed E-state index contributed by atoms with van der Waals surface area (Å²) < 4.78 is 0. The fraction of sp³-hybridized carbons (Fsp3) is 0.357. The van der Waals surface area contributed by atoms with Crippen LogP contribution in [0.2, 0.25) is 5.02 Å². The molecule has 0 saturated carbocycles. The van der Waals surface area contributed by atoms with E-state index in [4.69, 9.17) is 16.7 Å². The Labute approximate surface area is 116 Å². The van der Waals surface area contributed by atoms with E-state index in [2.05, 4.69) is 4.98 Å². The van der Waals surface area contributed by atoms with Crippen molar-refractivity contribution in [2.24, 2.45) is 5.92 Å². The number of H-pyrrole nitrogens is 1. The smallest absolute Gasteiger partial charge is 0.227 e. The zero-order chi connectivity index (χ0) is 13.4. The van der Waals surface area contributed by atoms with Crippen LogP contribution in [0.4, 0.5) is 0 Å². The van der Waals surface area contributed by atoms with Crippen molar-refractivity contribution < 1.29 is 9.90 Å². The molecule has 1 aliphatic rings. The fourth-order valence-corrected chi connectivity index (χ4v) is 2.63. The molecule has 19 heavy (non-hydrogen) atoms. The molecule has 0 atom stereocenters. The lowest BCUT2D eigenvalue weighted by molar-refractivity contribution is -0.137. The van der Waals surface area contributed by atoms with E-state index in [1.165, 1.54) is 0 Å². The average molecular weight is 279 g/mol. The van der Waals surface area contributed by atoms with Gasteiger partial charge in [-0.25, -0.2) is 0 Å². The number of nitrogens with one attached hydrogen (secondary N) is 1. The molecular weight excluding hydrogens is 264 g/mol. The topological polar surface area (TPSA) is 56.3 Å². The highest BCUT2D eigenvalue weighted by Gasteiger charge is 2.29. The largest absolute Gasteiger partial charge is 0.396 e. The van der Waals surface area contributed by atoms with E-state index < -0.39 is 0 Å². The van der Waals surface area contributed by atoms with E-state index >= 15 is 0 Å². The molecule has 2 heterocycles. The summed E-state index contributed by atoms with van der Waals surface area (Å²) in [6, 6.07) is 5.62. The number of aliphatic hydroxyl groups excluding tert-OH is 1. The van der Waals surface area contributed by atoms with Crippen LogP contribution in [0.25, 0.3) is 10.9 Å². The number of nitrogens with zero attached hydrogens (tertiary/aromatic N) is 1. The van der Waals surface area contributed by atoms with Gasteiger partial charge in [-0.2, -0.15) is 0 Å². The number of carbonyl (C=O) groups excluding carboxylic acids is 1. The molecule has 3 rings (SSSR count). The van der Waals surface area contributed by atoms with E-state index in [0.717, 1.165) is 16.5 Å². The Morgan fingerprint density at radius 3 is 3.00 bits per heavy atom. The van der Waals surface area contributed by atoms with Crippen molar-refractivity contribution >= 4 is 28.4 Å². The summed E-state index contributed by atoms with van der Waals surface area (Å²) in [5.74, 6) is 0.354. The lowest BCUT2D eigenvalue weighted by Gasteiger charge is -2.38. The Hall–Kier alpha value is -1.52. The molecule has 1 saturated heterocycles. The van der Waals surface area contributed by atoms with E-state index in [1.807, 2.05) is 24.4 Å². The Balaban J connectivity index is 1.75. The number of halogens is 1. The summed E-state index contributed by atoms with van der Waals surface area (Å²) in [6.45, 7) is 1.49. The maximum absolute atomic E-state index is 12.1. The third kappa shape index (κ3) is 2.33. The number of rotatable bonds is 3. The minimum atomic E-state index is 0.102. The summed E-state index contributed by atoms with van der Waals surface area (Å²) in [5.41, 5.74) is 1.96. The minimum absolute atomic E-state index is 0.102. The van der Waals surface area contributed by atoms with Gasteiger partial charge in [-0.05, 0) is 23.8 Å². The van der Waals surface area contributed by atoms with Crippen molar-refractivity contribution in [3.63, 3.8) is 0 Å². The van der Waals surface area contributed by atoms with Crippen molar-refractivity contribution in [2.45, 2.75) is 6.42 Å². The quantitative estimate of drug-likeness (QED) is 0.900. The highest BCUT2D eigenvalue weighted by molar-refractivity contribution is 6.31. The van der Waals surface area contributed by atoms with Crippen LogP contribution in [0.5, 0.6) is 0 Å². The SMILES string of the molecule is O=C(Cc1c[nH]c2ccc(Cl)cc12)N1CC(CO)C1. The van der Waals surface area contributed by atoms with Crippen LogP contribution in [0.15, 0.2) is 24.4 Å². The van der Waals surface area contributed by atoms with Gasteiger partial charge in [-0.3, -0.25) is 4.79 Å². The number of fused-ring (bicyclic) bond motifs is 1. The summed E-state index contributed by atoms with van der Waals surface area (Å²) in [4.78, 5) is 17.0. The van der Waals surface area contributed by atoms with Crippen LogP contribution in [-0.4, -0.2) is 40.6 Å². The zero-order valence-corrected chi connectivity index (χ0v) is 11.2. The lowest BCUT2D eigenvalue weighted by atomic mass is 10.00. The van der Waals surface area contributed by atoms with Gasteiger partial charge in [0.2, 0.25) is 5.91 Å². The van der Waals surface area contributed by atoms with Gasteiger partial charge in [-0.15, -0.1) is 0 Å². The molecule has 0 aliphatic carbocycles. The number of hydrogen-bond donors (Lipinski definition) is 2. The first-order chi connectivity index (χ1) is 9.17. The second-order valence-electron chi connectivity index (χ2n) is 5.03. The second kappa shape index (κ2) is 4.87. The Bertz CT molecular complexity index is 617. The van der Waals surface area contributed by atoms with E-state index in [9.17, 15) is 4.79 Å². The fourth-order valence-electron chi connectivity index (χ4n) is 2.46. The van der Waals surface area contributed by atoms with Gasteiger partial charge in [0.1, 0.15) is 0 Å². The van der Waals surface area contributed by atoms with Gasteiger partial charge >= 0.3 is 0 Å². The molecule has 1 fully saturated rings. The van der Waals surface area contributed by atoms with Crippen LogP contribution >= 0.6 is 11.6 Å². The molecule has 1 aliphatic heterocycles. The standard InChI is InChI=1S/C14H15ClN2O2/c15-11-1-2-13-12(4-11)10(5-16-13)3-14(19)17-6-9(7-17)8-18/h1-2,4-5,9,16,18H,3,6-8H2. The first-order valence-electron chi connectivity index (χ1n) is 6.31. The Morgan fingerprint density at radius 1 is 1.47 bits per heavy atom. The molecule has 0 unspecified atom stereocenters. The molecule has 1 aromatic heterocycles. The second-order valence-corrected chi connectivity index (χ2v) is 5.46. The molecule has 0 bridgehead atoms. The molecule has 5 heteroatoms. The van der Waals surface area contributed by atoms with Crippen LogP contribution in [-0.2, 0) is 11.2 Å². The van der Waals surface area contributed by atoms with Crippen molar-refractivity contribution in [3.05, 3.63) is 35.0 Å². The minimum Gasteiger partial charge on any atom is -0.396 e. The first kappa shape index (κ1) is 12.5. The van der Waals surface area contributed by atoms with Gasteiger partial charge in [0, 0.05) is 47.7 Å². The number of carbonyl (C=O) groups is 1. The summed E-state index contributed by atoms with van der Waals surface area (Å²) >= 11 is 5.99. The van der Waals surface area contributed by atoms with Gasteiger partial charge in [0.15, 0.2) is 0 Å². The van der Waals surface area contributed by atoms with Crippen molar-refractivity contribution in [1.82, 2.24) is 9.88 Å². The normalized spacial score (nSPS) is 15.8. The van der Waals surface area contributed by atoms with Crippen LogP contribution in [0.3, 0.4) is 0 Å². The third-order valence-electron chi connectivity index (χ3n) is 3.64. The molecule has 2 N–H and O–H groups in total. The molecule has 100 valence electrons. The van der Waals surface area contributed by atoms with Crippen LogP contribution in [0, 0.1) is 5.92 Å². The lowest BCUT2D eigenvalue weighted by Crippen LogP contribution is -2.51. The van der Waals surface area contributed by atoms with Crippen LogP contribution in [0.1, 0.15) is 5.56 Å². The highest BCUT2D eigenvalue weighted by atomic mass is 35.5. The predicted octanol–water partition coefficient (Wildman–Crippen LogP) is 1.81. The number of aromatic nitrogens is 1. The average Bonchev–Trinajstić information content (AvgIpc) is 2.70. The van der Waals surface area contributed by atoms with Gasteiger partial charge in [-0.1, -0.05) is 11.6 Å². The molecule has 4 nitrogen and oxygen atoms in total. The highest BCUT2D eigenvalue weighted by Crippen LogP contribution is 2.24. The molecule has 0 radical (unpaired) electrons.